The van der Waals surface area contributed by atoms with Crippen LogP contribution in [0.5, 0.6) is 5.75 Å². The van der Waals surface area contributed by atoms with Crippen LogP contribution in [0.4, 0.5) is 0 Å². The molecule has 0 aromatic heterocycles. The lowest BCUT2D eigenvalue weighted by molar-refractivity contribution is 0.0955. The molecule has 0 heterocycles. The van der Waals surface area contributed by atoms with Gasteiger partial charge in [0, 0.05) is 20.6 Å². The molecule has 0 bridgehead atoms. The Morgan fingerprint density at radius 3 is 2.38 bits per heavy atom. The maximum Gasteiger partial charge on any atom is 0.272 e. The van der Waals surface area contributed by atoms with Crippen molar-refractivity contribution in [2.75, 3.05) is 0 Å². The first kappa shape index (κ1) is 21.5. The number of ether oxygens (including phenoxy) is 1. The SMILES string of the molecule is O=C(N/N=C\c1cccc(OCc2ccc(Cl)cc2Cl)c1)c1ccc(Cl)cc1Cl. The predicted octanol–water partition coefficient (Wildman–Crippen LogP) is 6.64. The molecule has 1 N–H and O–H groups in total. The van der Waals surface area contributed by atoms with Crippen LogP contribution in [0.1, 0.15) is 21.5 Å². The number of hydrazone groups is 1. The molecule has 0 saturated carbocycles. The Kier molecular flexibility index (Phi) is 7.40. The van der Waals surface area contributed by atoms with E-state index in [-0.39, 0.29) is 10.6 Å². The summed E-state index contributed by atoms with van der Waals surface area (Å²) in [6, 6.07) is 17.1. The number of carbonyl (C=O) groups excluding carboxylic acids is 1. The van der Waals surface area contributed by atoms with Crippen molar-refractivity contribution in [3.05, 3.63) is 97.4 Å². The van der Waals surface area contributed by atoms with Gasteiger partial charge in [-0.3, -0.25) is 4.79 Å². The van der Waals surface area contributed by atoms with Crippen molar-refractivity contribution >= 4 is 58.5 Å². The zero-order chi connectivity index (χ0) is 20.8. The van der Waals surface area contributed by atoms with Crippen molar-refractivity contribution in [1.29, 1.82) is 0 Å². The highest BCUT2D eigenvalue weighted by Crippen LogP contribution is 2.23. The molecule has 148 valence electrons. The molecule has 3 aromatic carbocycles. The van der Waals surface area contributed by atoms with E-state index in [1.54, 1.807) is 24.3 Å². The van der Waals surface area contributed by atoms with Gasteiger partial charge in [0.2, 0.25) is 0 Å². The van der Waals surface area contributed by atoms with Gasteiger partial charge in [-0.2, -0.15) is 5.10 Å². The van der Waals surface area contributed by atoms with E-state index in [0.29, 0.717) is 27.4 Å². The summed E-state index contributed by atoms with van der Waals surface area (Å²) in [5.74, 6) is 0.194. The van der Waals surface area contributed by atoms with Gasteiger partial charge in [-0.15, -0.1) is 0 Å². The average Bonchev–Trinajstić information content (AvgIpc) is 2.67. The molecule has 0 spiro atoms. The van der Waals surface area contributed by atoms with Crippen LogP contribution in [-0.2, 0) is 6.61 Å². The third-order valence-electron chi connectivity index (χ3n) is 3.82. The molecular formula is C21H14Cl4N2O2. The van der Waals surface area contributed by atoms with Crippen molar-refractivity contribution < 1.29 is 9.53 Å². The minimum atomic E-state index is -0.437. The number of hydrogen-bond donors (Lipinski definition) is 1. The number of carbonyl (C=O) groups is 1. The molecule has 0 saturated heterocycles. The first-order valence-corrected chi connectivity index (χ1v) is 9.89. The van der Waals surface area contributed by atoms with Crippen molar-refractivity contribution in [3.8, 4) is 5.75 Å². The minimum Gasteiger partial charge on any atom is -0.489 e. The number of nitrogens with zero attached hydrogens (tertiary/aromatic N) is 1. The van der Waals surface area contributed by atoms with Crippen molar-refractivity contribution in [2.24, 2.45) is 5.10 Å². The van der Waals surface area contributed by atoms with Gasteiger partial charge in [-0.1, -0.05) is 64.6 Å². The summed E-state index contributed by atoms with van der Waals surface area (Å²) in [4.78, 5) is 12.2. The molecule has 1 amide bonds. The third-order valence-corrected chi connectivity index (χ3v) is 4.96. The molecule has 0 radical (unpaired) electrons. The molecule has 4 nitrogen and oxygen atoms in total. The molecule has 0 aliphatic rings. The highest BCUT2D eigenvalue weighted by Gasteiger charge is 2.09. The van der Waals surface area contributed by atoms with Crippen LogP contribution in [0.2, 0.25) is 20.1 Å². The number of rotatable bonds is 6. The fourth-order valence-electron chi connectivity index (χ4n) is 2.38. The van der Waals surface area contributed by atoms with Gasteiger partial charge in [0.05, 0.1) is 16.8 Å². The molecule has 0 fully saturated rings. The van der Waals surface area contributed by atoms with Crippen LogP contribution in [0, 0.1) is 0 Å². The van der Waals surface area contributed by atoms with Gasteiger partial charge in [-0.05, 0) is 48.0 Å². The second-order valence-electron chi connectivity index (χ2n) is 5.92. The minimum absolute atomic E-state index is 0.251. The van der Waals surface area contributed by atoms with E-state index >= 15 is 0 Å². The normalized spacial score (nSPS) is 10.9. The fourth-order valence-corrected chi connectivity index (χ4v) is 3.34. The molecule has 3 rings (SSSR count). The van der Waals surface area contributed by atoms with Gasteiger partial charge in [0.25, 0.3) is 5.91 Å². The van der Waals surface area contributed by atoms with E-state index in [1.165, 1.54) is 18.3 Å². The Hall–Kier alpha value is -2.24. The van der Waals surface area contributed by atoms with E-state index in [9.17, 15) is 4.79 Å². The first-order valence-electron chi connectivity index (χ1n) is 8.37. The summed E-state index contributed by atoms with van der Waals surface area (Å²) < 4.78 is 5.77. The van der Waals surface area contributed by atoms with Crippen molar-refractivity contribution in [3.63, 3.8) is 0 Å². The summed E-state index contributed by atoms with van der Waals surface area (Å²) in [5, 5.41) is 5.77. The summed E-state index contributed by atoms with van der Waals surface area (Å²) in [6.45, 7) is 0.294. The number of hydrogen-bond acceptors (Lipinski definition) is 3. The predicted molar refractivity (Wildman–Crippen MR) is 119 cm³/mol. The van der Waals surface area contributed by atoms with Crippen LogP contribution in [0.3, 0.4) is 0 Å². The quantitative estimate of drug-likeness (QED) is 0.326. The second kappa shape index (κ2) is 9.99. The standard InChI is InChI=1S/C21H14Cl4N2O2/c22-15-5-4-14(19(24)9-15)12-29-17-3-1-2-13(8-17)11-26-27-21(28)18-7-6-16(23)10-20(18)25/h1-11H,12H2,(H,27,28)/b26-11-. The van der Waals surface area contributed by atoms with Crippen molar-refractivity contribution in [2.45, 2.75) is 6.61 Å². The van der Waals surface area contributed by atoms with Crippen molar-refractivity contribution in [1.82, 2.24) is 5.43 Å². The molecule has 0 aliphatic carbocycles. The second-order valence-corrected chi connectivity index (χ2v) is 7.61. The Morgan fingerprint density at radius 1 is 0.931 bits per heavy atom. The summed E-state index contributed by atoms with van der Waals surface area (Å²) >= 11 is 23.9. The summed E-state index contributed by atoms with van der Waals surface area (Å²) in [7, 11) is 0. The molecule has 0 aliphatic heterocycles. The molecule has 3 aromatic rings. The average molecular weight is 468 g/mol. The number of benzene rings is 3. The highest BCUT2D eigenvalue weighted by atomic mass is 35.5. The molecule has 8 heteroatoms. The van der Waals surface area contributed by atoms with Crippen LogP contribution >= 0.6 is 46.4 Å². The third kappa shape index (κ3) is 6.12. The zero-order valence-electron chi connectivity index (χ0n) is 14.8. The molecule has 29 heavy (non-hydrogen) atoms. The zero-order valence-corrected chi connectivity index (χ0v) is 17.9. The van der Waals surface area contributed by atoms with E-state index < -0.39 is 5.91 Å². The van der Waals surface area contributed by atoms with Gasteiger partial charge >= 0.3 is 0 Å². The summed E-state index contributed by atoms with van der Waals surface area (Å²) in [5.41, 5.74) is 4.28. The Balaban J connectivity index is 1.61. The largest absolute Gasteiger partial charge is 0.489 e. The lowest BCUT2D eigenvalue weighted by atomic mass is 10.2. The van der Waals surface area contributed by atoms with Crippen LogP contribution in [0.25, 0.3) is 0 Å². The van der Waals surface area contributed by atoms with Gasteiger partial charge in [0.15, 0.2) is 0 Å². The number of amides is 1. The van der Waals surface area contributed by atoms with Gasteiger partial charge in [0.1, 0.15) is 12.4 Å². The topological polar surface area (TPSA) is 50.7 Å². The van der Waals surface area contributed by atoms with E-state index in [2.05, 4.69) is 10.5 Å². The Bertz CT molecular complexity index is 1070. The highest BCUT2D eigenvalue weighted by molar-refractivity contribution is 6.36. The monoisotopic (exact) mass is 466 g/mol. The Labute approximate surface area is 188 Å². The maximum absolute atomic E-state index is 12.2. The smallest absolute Gasteiger partial charge is 0.272 e. The molecular weight excluding hydrogens is 454 g/mol. The first-order chi connectivity index (χ1) is 13.9. The van der Waals surface area contributed by atoms with E-state index in [0.717, 1.165) is 11.1 Å². The van der Waals surface area contributed by atoms with Gasteiger partial charge < -0.3 is 4.74 Å². The number of nitrogens with one attached hydrogen (secondary N) is 1. The molecule has 0 atom stereocenters. The van der Waals surface area contributed by atoms with E-state index in [4.69, 9.17) is 51.1 Å². The number of halogens is 4. The van der Waals surface area contributed by atoms with Gasteiger partial charge in [-0.25, -0.2) is 5.43 Å². The lowest BCUT2D eigenvalue weighted by Gasteiger charge is -2.08. The van der Waals surface area contributed by atoms with Crippen LogP contribution in [-0.4, -0.2) is 12.1 Å². The molecule has 0 unspecified atom stereocenters. The van der Waals surface area contributed by atoms with Crippen LogP contribution < -0.4 is 10.2 Å². The fraction of sp³-hybridized carbons (Fsp3) is 0.0476. The van der Waals surface area contributed by atoms with E-state index in [1.807, 2.05) is 24.3 Å². The van der Waals surface area contributed by atoms with Crippen LogP contribution in [0.15, 0.2) is 65.8 Å². The summed E-state index contributed by atoms with van der Waals surface area (Å²) in [6.07, 6.45) is 1.50. The Morgan fingerprint density at radius 2 is 1.66 bits per heavy atom. The lowest BCUT2D eigenvalue weighted by Crippen LogP contribution is -2.18. The maximum atomic E-state index is 12.2.